The Morgan fingerprint density at radius 2 is 1.50 bits per heavy atom. The summed E-state index contributed by atoms with van der Waals surface area (Å²) in [7, 11) is 0. The molecule has 1 nitrogen and oxygen atoms in total. The Bertz CT molecular complexity index is 412. The number of rotatable bonds is 1. The van der Waals surface area contributed by atoms with Crippen molar-refractivity contribution >= 4 is 25.4 Å². The van der Waals surface area contributed by atoms with Crippen LogP contribution >= 0.6 is 0 Å². The summed E-state index contributed by atoms with van der Waals surface area (Å²) >= 11 is 1.90. The normalized spacial score (nSPS) is 8.12. The molecule has 1 heterocycles. The van der Waals surface area contributed by atoms with E-state index in [1.165, 1.54) is 9.26 Å². The van der Waals surface area contributed by atoms with Gasteiger partial charge in [0, 0.05) is 0 Å². The number of nitrogens with zero attached hydrogens (tertiary/aromatic N) is 1. The standard InChI is InChI=1S/C11H8N.2ClH.Li.Mg/c1-2-6-10(7-3-1)11-8-4-5-9-12-11;;;;/h1-6,8-9H;2*1H;;/q;;;2*+1/p-2. The second-order valence-corrected chi connectivity index (χ2v) is 3.63. The number of aromatic nitrogens is 1. The zero-order chi connectivity index (χ0) is 9.10. The van der Waals surface area contributed by atoms with E-state index in [4.69, 9.17) is 0 Å². The van der Waals surface area contributed by atoms with Gasteiger partial charge in [-0.05, 0) is 0 Å². The van der Waals surface area contributed by atoms with Gasteiger partial charge in [0.1, 0.15) is 0 Å². The Hall–Kier alpha value is 0.314. The van der Waals surface area contributed by atoms with Crippen molar-refractivity contribution in [1.29, 1.82) is 0 Å². The van der Waals surface area contributed by atoms with E-state index in [2.05, 4.69) is 23.2 Å². The Balaban J connectivity index is 0. The van der Waals surface area contributed by atoms with Crippen LogP contribution in [0.2, 0.25) is 0 Å². The van der Waals surface area contributed by atoms with Gasteiger partial charge in [-0.1, -0.05) is 0 Å². The maximum absolute atomic E-state index is 4.31. The first-order valence-electron chi connectivity index (χ1n) is 4.20. The molecule has 0 spiro atoms. The van der Waals surface area contributed by atoms with Crippen molar-refractivity contribution in [3.63, 3.8) is 0 Å². The van der Waals surface area contributed by atoms with Gasteiger partial charge < -0.3 is 24.8 Å². The average molecular weight is 256 g/mol. The number of pyridine rings is 1. The van der Waals surface area contributed by atoms with Crippen molar-refractivity contribution in [3.05, 3.63) is 48.7 Å². The molecule has 0 saturated heterocycles. The Morgan fingerprint density at radius 1 is 0.875 bits per heavy atom. The van der Waals surface area contributed by atoms with E-state index >= 15 is 0 Å². The number of hydrogen-bond donors (Lipinski definition) is 0. The van der Waals surface area contributed by atoms with Crippen LogP contribution in [0.15, 0.2) is 48.7 Å². The third kappa shape index (κ3) is 4.67. The van der Waals surface area contributed by atoms with E-state index in [0.717, 1.165) is 5.69 Å². The van der Waals surface area contributed by atoms with Crippen LogP contribution in [0.5, 0.6) is 0 Å². The minimum atomic E-state index is 0. The van der Waals surface area contributed by atoms with Crippen LogP contribution in [-0.4, -0.2) is 26.7 Å². The third-order valence-corrected chi connectivity index (χ3v) is 2.57. The summed E-state index contributed by atoms with van der Waals surface area (Å²) < 4.78 is 1.29. The van der Waals surface area contributed by atoms with Gasteiger partial charge in [-0.15, -0.1) is 0 Å². The van der Waals surface area contributed by atoms with Crippen molar-refractivity contribution in [2.24, 2.45) is 0 Å². The molecule has 1 aromatic heterocycles. The van der Waals surface area contributed by atoms with Gasteiger partial charge in [-0.3, -0.25) is 0 Å². The summed E-state index contributed by atoms with van der Waals surface area (Å²) in [5.41, 5.74) is 2.27. The summed E-state index contributed by atoms with van der Waals surface area (Å²) in [4.78, 5) is 4.31. The van der Waals surface area contributed by atoms with Crippen molar-refractivity contribution in [1.82, 2.24) is 4.98 Å². The van der Waals surface area contributed by atoms with Crippen LogP contribution < -0.4 is 47.4 Å². The minimum absolute atomic E-state index is 0. The van der Waals surface area contributed by atoms with Crippen LogP contribution in [0, 0.1) is 0 Å². The summed E-state index contributed by atoms with van der Waals surface area (Å²) in [6, 6.07) is 14.3. The van der Waals surface area contributed by atoms with Gasteiger partial charge in [-0.2, -0.15) is 0 Å². The first-order chi connectivity index (χ1) is 6.38. The molecule has 5 heteroatoms. The van der Waals surface area contributed by atoms with Gasteiger partial charge >= 0.3 is 109 Å². The molecule has 0 amide bonds. The van der Waals surface area contributed by atoms with Gasteiger partial charge in [0.05, 0.1) is 0 Å². The fraction of sp³-hybridized carbons (Fsp3) is 0. The molecule has 2 rings (SSSR count). The van der Waals surface area contributed by atoms with E-state index in [-0.39, 0.29) is 43.7 Å². The zero-order valence-corrected chi connectivity index (χ0v) is 12.0. The molecule has 0 bridgehead atoms. The van der Waals surface area contributed by atoms with Crippen molar-refractivity contribution in [3.8, 4) is 11.3 Å². The van der Waals surface area contributed by atoms with Crippen LogP contribution in [-0.2, 0) is 0 Å². The van der Waals surface area contributed by atoms with E-state index in [1.54, 1.807) is 0 Å². The molecule has 0 fully saturated rings. The van der Waals surface area contributed by atoms with Gasteiger partial charge in [0.25, 0.3) is 0 Å². The number of halogens is 2. The molecule has 0 saturated carbocycles. The second-order valence-electron chi connectivity index (χ2n) is 2.87. The number of benzene rings is 1. The second kappa shape index (κ2) is 9.35. The van der Waals surface area contributed by atoms with Crippen LogP contribution in [0.1, 0.15) is 0 Å². The fourth-order valence-electron chi connectivity index (χ4n) is 1.29. The quantitative estimate of drug-likeness (QED) is 0.462. The molecule has 2 aromatic rings. The molecule has 0 atom stereocenters. The summed E-state index contributed by atoms with van der Waals surface area (Å²) in [5, 5.41) is 0. The van der Waals surface area contributed by atoms with Crippen molar-refractivity contribution in [2.45, 2.75) is 0 Å². The van der Waals surface area contributed by atoms with Crippen molar-refractivity contribution < 1.29 is 43.7 Å². The molecule has 0 radical (unpaired) electrons. The summed E-state index contributed by atoms with van der Waals surface area (Å²) in [6.07, 6.45) is 1.82. The van der Waals surface area contributed by atoms with Gasteiger partial charge in [0.2, 0.25) is 0 Å². The molecule has 0 unspecified atom stereocenters. The molecule has 0 N–H and O–H groups in total. The third-order valence-electron chi connectivity index (χ3n) is 1.96. The monoisotopic (exact) mass is 255 g/mol. The van der Waals surface area contributed by atoms with E-state index in [9.17, 15) is 0 Å². The first kappa shape index (κ1) is 18.7. The van der Waals surface area contributed by atoms with Crippen LogP contribution in [0.3, 0.4) is 0 Å². The van der Waals surface area contributed by atoms with Crippen molar-refractivity contribution in [2.75, 3.05) is 0 Å². The molecule has 1 aromatic carbocycles. The van der Waals surface area contributed by atoms with Gasteiger partial charge in [-0.25, -0.2) is 0 Å². The Kier molecular flexibility index (Phi) is 10.9. The average Bonchev–Trinajstić information content (AvgIpc) is 2.20. The predicted molar refractivity (Wildman–Crippen MR) is 55.1 cm³/mol. The Morgan fingerprint density at radius 3 is 2.06 bits per heavy atom. The summed E-state index contributed by atoms with van der Waals surface area (Å²) in [6.45, 7) is 0. The van der Waals surface area contributed by atoms with E-state index < -0.39 is 0 Å². The van der Waals surface area contributed by atoms with E-state index in [1.807, 2.05) is 52.2 Å². The molecule has 0 aliphatic carbocycles. The molecular formula is C11H8Cl2LiMgN. The first-order valence-corrected chi connectivity index (χ1v) is 4.91. The van der Waals surface area contributed by atoms with Crippen LogP contribution in [0.4, 0.5) is 0 Å². The van der Waals surface area contributed by atoms with E-state index in [0.29, 0.717) is 0 Å². The predicted octanol–water partition coefficient (Wildman–Crippen LogP) is -7.45. The zero-order valence-electron chi connectivity index (χ0n) is 9.03. The molecule has 0 aliphatic rings. The molecule has 74 valence electrons. The molecule has 16 heavy (non-hydrogen) atoms. The maximum atomic E-state index is 4.31. The summed E-state index contributed by atoms with van der Waals surface area (Å²) in [5.74, 6) is 0. The van der Waals surface area contributed by atoms with Gasteiger partial charge in [0.15, 0.2) is 0 Å². The molecular weight excluding hydrogens is 248 g/mol. The number of hydrogen-bond acceptors (Lipinski definition) is 1. The Labute approximate surface area is 133 Å². The fourth-order valence-corrected chi connectivity index (χ4v) is 1.73. The van der Waals surface area contributed by atoms with Crippen LogP contribution in [0.25, 0.3) is 11.3 Å². The topological polar surface area (TPSA) is 12.9 Å². The SMILES string of the molecule is [Cl-].[Cl-].[Li+].[Mg+][c]1ccccc1-c1ccccn1. The molecule has 0 aliphatic heterocycles.